The smallest absolute Gasteiger partial charge is 0.310 e. The molecule has 0 bridgehead atoms. The van der Waals surface area contributed by atoms with Gasteiger partial charge in [-0.15, -0.1) is 0 Å². The third-order valence-electron chi connectivity index (χ3n) is 11.3. The summed E-state index contributed by atoms with van der Waals surface area (Å²) in [5, 5.41) is 14.3. The molecule has 0 aromatic rings. The first-order chi connectivity index (χ1) is 24.4. The van der Waals surface area contributed by atoms with Crippen LogP contribution in [0.2, 0.25) is 0 Å². The van der Waals surface area contributed by atoms with E-state index in [4.69, 9.17) is 18.9 Å². The number of esters is 4. The third kappa shape index (κ3) is 13.4. The zero-order chi connectivity index (χ0) is 40.7. The van der Waals surface area contributed by atoms with Crippen molar-refractivity contribution < 1.29 is 38.1 Å². The molecule has 3 unspecified atom stereocenters. The van der Waals surface area contributed by atoms with Crippen molar-refractivity contribution in [2.75, 3.05) is 6.54 Å². The van der Waals surface area contributed by atoms with Crippen LogP contribution in [0.25, 0.3) is 0 Å². The topological polar surface area (TPSA) is 153 Å². The molecule has 0 aliphatic carbocycles. The Morgan fingerprint density at radius 1 is 0.444 bits per heavy atom. The summed E-state index contributed by atoms with van der Waals surface area (Å²) in [4.78, 5) is 56.8. The maximum absolute atomic E-state index is 14.5. The highest BCUT2D eigenvalue weighted by Gasteiger charge is 2.47. The van der Waals surface area contributed by atoms with Gasteiger partial charge < -0.3 is 40.2 Å². The Bertz CT molecular complexity index is 1340. The quantitative estimate of drug-likeness (QED) is 0.153. The highest BCUT2D eigenvalue weighted by Crippen LogP contribution is 2.36. The van der Waals surface area contributed by atoms with Gasteiger partial charge in [-0.05, 0) is 110 Å². The molecule has 4 heterocycles. The Balaban J connectivity index is 1.65. The first-order valence-electron chi connectivity index (χ1n) is 20.4. The Hall–Kier alpha value is -2.28. The second kappa shape index (κ2) is 15.9. The number of nitrogens with one attached hydrogen (secondary N) is 4. The fourth-order valence-corrected chi connectivity index (χ4v) is 10.5. The molecule has 0 aromatic carbocycles. The van der Waals surface area contributed by atoms with Crippen molar-refractivity contribution in [3.63, 3.8) is 0 Å². The highest BCUT2D eigenvalue weighted by molar-refractivity contribution is 5.88. The highest BCUT2D eigenvalue weighted by atomic mass is 16.6. The number of hydrogen-bond donors (Lipinski definition) is 4. The SMILES string of the molecule is CC1(C)CC(OC(=O)C(CC(=O)OC2CC(C)(C)NC(C)(C)C2)C(CC(=O)OC2CC(C)(C)NC(C)(C)C2)C(=O)OC2CC(C)(C)NC(C)(C)C2)CCN1. The second-order valence-electron chi connectivity index (χ2n) is 21.7. The summed E-state index contributed by atoms with van der Waals surface area (Å²) in [7, 11) is 0. The van der Waals surface area contributed by atoms with E-state index in [1.165, 1.54) is 0 Å². The van der Waals surface area contributed by atoms with Crippen LogP contribution < -0.4 is 21.3 Å². The minimum atomic E-state index is -1.32. The Morgan fingerprint density at radius 3 is 1.04 bits per heavy atom. The van der Waals surface area contributed by atoms with Crippen LogP contribution in [-0.2, 0) is 38.1 Å². The van der Waals surface area contributed by atoms with Gasteiger partial charge in [-0.3, -0.25) is 19.2 Å². The van der Waals surface area contributed by atoms with Crippen LogP contribution in [0, 0.1) is 11.8 Å². The molecule has 12 nitrogen and oxygen atoms in total. The van der Waals surface area contributed by atoms with Crippen molar-refractivity contribution >= 4 is 23.9 Å². The van der Waals surface area contributed by atoms with Crippen LogP contribution in [0.3, 0.4) is 0 Å². The maximum atomic E-state index is 14.5. The van der Waals surface area contributed by atoms with Crippen molar-refractivity contribution in [3.05, 3.63) is 0 Å². The summed E-state index contributed by atoms with van der Waals surface area (Å²) in [6.45, 7) is 29.6. The molecule has 0 aromatic heterocycles. The molecule has 3 atom stereocenters. The summed E-state index contributed by atoms with van der Waals surface area (Å²) in [5.41, 5.74) is -2.04. The molecule has 4 fully saturated rings. The zero-order valence-corrected chi connectivity index (χ0v) is 36.0. The summed E-state index contributed by atoms with van der Waals surface area (Å²) >= 11 is 0. The van der Waals surface area contributed by atoms with E-state index in [0.29, 0.717) is 57.9 Å². The minimum absolute atomic E-state index is 0.264. The largest absolute Gasteiger partial charge is 0.462 e. The van der Waals surface area contributed by atoms with Gasteiger partial charge in [-0.25, -0.2) is 0 Å². The Morgan fingerprint density at radius 2 is 0.722 bits per heavy atom. The number of rotatable bonds is 11. The fourth-order valence-electron chi connectivity index (χ4n) is 10.5. The van der Waals surface area contributed by atoms with E-state index < -0.39 is 73.0 Å². The number of hydrogen-bond acceptors (Lipinski definition) is 12. The lowest BCUT2D eigenvalue weighted by molar-refractivity contribution is -0.177. The fraction of sp³-hybridized carbons (Fsp3) is 0.905. The predicted molar refractivity (Wildman–Crippen MR) is 209 cm³/mol. The van der Waals surface area contributed by atoms with Crippen LogP contribution in [0.1, 0.15) is 161 Å². The lowest BCUT2D eigenvalue weighted by Gasteiger charge is -2.46. The van der Waals surface area contributed by atoms with Gasteiger partial charge in [-0.1, -0.05) is 0 Å². The molecule has 0 amide bonds. The van der Waals surface area contributed by atoms with Gasteiger partial charge in [0.15, 0.2) is 0 Å². The molecule has 4 rings (SSSR count). The van der Waals surface area contributed by atoms with Gasteiger partial charge in [0.25, 0.3) is 0 Å². The molecule has 4 aliphatic heterocycles. The van der Waals surface area contributed by atoms with E-state index in [0.717, 1.165) is 0 Å². The standard InChI is InChI=1S/C42H74N4O8/c1-36(2)19-26(15-16-43-36)53-34(49)30(17-32(47)51-27-20-37(3,4)44-38(5,6)21-27)31(35(50)54-29-24-41(11,12)46-42(13,14)25-29)18-33(48)52-28-22-39(7,8)45-40(9,10)23-28/h26-31,43-46H,15-25H2,1-14H3. The molecule has 0 saturated carbocycles. The first-order valence-corrected chi connectivity index (χ1v) is 20.4. The van der Waals surface area contributed by atoms with Gasteiger partial charge in [-0.2, -0.15) is 0 Å². The van der Waals surface area contributed by atoms with Crippen molar-refractivity contribution in [2.24, 2.45) is 11.8 Å². The number of piperidine rings is 4. The molecule has 0 spiro atoms. The van der Waals surface area contributed by atoms with E-state index in [1.807, 2.05) is 13.8 Å². The minimum Gasteiger partial charge on any atom is -0.462 e. The lowest BCUT2D eigenvalue weighted by Crippen LogP contribution is -2.60. The monoisotopic (exact) mass is 763 g/mol. The normalized spacial score (nSPS) is 28.5. The molecule has 4 aliphatic rings. The van der Waals surface area contributed by atoms with Gasteiger partial charge in [0.05, 0.1) is 24.7 Å². The molecule has 0 radical (unpaired) electrons. The molecule has 12 heteroatoms. The zero-order valence-electron chi connectivity index (χ0n) is 36.0. The van der Waals surface area contributed by atoms with Gasteiger partial charge in [0, 0.05) is 83.7 Å². The van der Waals surface area contributed by atoms with Gasteiger partial charge in [0.1, 0.15) is 24.4 Å². The van der Waals surface area contributed by atoms with Crippen molar-refractivity contribution in [2.45, 2.75) is 224 Å². The van der Waals surface area contributed by atoms with Gasteiger partial charge in [0.2, 0.25) is 0 Å². The van der Waals surface area contributed by atoms with E-state index in [1.54, 1.807) is 0 Å². The first kappa shape index (κ1) is 44.4. The molecule has 4 saturated heterocycles. The van der Waals surface area contributed by atoms with Crippen molar-refractivity contribution in [3.8, 4) is 0 Å². The van der Waals surface area contributed by atoms with Gasteiger partial charge >= 0.3 is 23.9 Å². The average molecular weight is 763 g/mol. The van der Waals surface area contributed by atoms with E-state index in [9.17, 15) is 19.2 Å². The average Bonchev–Trinajstić information content (AvgIpc) is 2.88. The van der Waals surface area contributed by atoms with Crippen LogP contribution in [0.15, 0.2) is 0 Å². The summed E-state index contributed by atoms with van der Waals surface area (Å²) < 4.78 is 24.6. The van der Waals surface area contributed by atoms with Crippen LogP contribution in [0.5, 0.6) is 0 Å². The van der Waals surface area contributed by atoms with Crippen LogP contribution >= 0.6 is 0 Å². The third-order valence-corrected chi connectivity index (χ3v) is 11.3. The van der Waals surface area contributed by atoms with Crippen molar-refractivity contribution in [1.82, 2.24) is 21.3 Å². The number of carbonyl (C=O) groups is 4. The van der Waals surface area contributed by atoms with E-state index in [2.05, 4.69) is 104 Å². The molecular formula is C42H74N4O8. The molecule has 4 N–H and O–H groups in total. The number of ether oxygens (including phenoxy) is 4. The molecular weight excluding hydrogens is 688 g/mol. The second-order valence-corrected chi connectivity index (χ2v) is 21.7. The maximum Gasteiger partial charge on any atom is 0.310 e. The van der Waals surface area contributed by atoms with E-state index >= 15 is 0 Å². The van der Waals surface area contributed by atoms with Crippen LogP contribution in [0.4, 0.5) is 0 Å². The summed E-state index contributed by atoms with van der Waals surface area (Å²) in [6, 6.07) is 0. The number of carbonyl (C=O) groups excluding carboxylic acids is 4. The van der Waals surface area contributed by atoms with Crippen LogP contribution in [-0.4, -0.2) is 93.6 Å². The Labute approximate surface area is 325 Å². The lowest BCUT2D eigenvalue weighted by atomic mass is 9.80. The van der Waals surface area contributed by atoms with E-state index in [-0.39, 0.29) is 38.8 Å². The predicted octanol–water partition coefficient (Wildman–Crippen LogP) is 5.63. The Kier molecular flexibility index (Phi) is 13.1. The van der Waals surface area contributed by atoms with Crippen molar-refractivity contribution in [1.29, 1.82) is 0 Å². The summed E-state index contributed by atoms with van der Waals surface area (Å²) in [5.74, 6) is -5.28. The molecule has 310 valence electrons. The molecule has 54 heavy (non-hydrogen) atoms. The summed E-state index contributed by atoms with van der Waals surface area (Å²) in [6.07, 6.45) is 2.03.